The molecule has 1 saturated heterocycles. The Bertz CT molecular complexity index is 832. The van der Waals surface area contributed by atoms with Gasteiger partial charge in [0.2, 0.25) is 0 Å². The molecule has 0 radical (unpaired) electrons. The number of guanidine groups is 1. The van der Waals surface area contributed by atoms with Gasteiger partial charge in [-0.1, -0.05) is 6.07 Å². The molecule has 0 amide bonds. The monoisotopic (exact) mass is 392 g/mol. The average Bonchev–Trinajstić information content (AvgIpc) is 3.31. The molecule has 28 heavy (non-hydrogen) atoms. The first-order chi connectivity index (χ1) is 13.4. The zero-order valence-electron chi connectivity index (χ0n) is 16.4. The standard InChI is InChI=1S/C19H26F2N6O/c1-12(14-6-7-16(20)17(21)9-14)24-19(22-10-15-5-4-8-28-15)23-11-18-26-25-13(2)27(18)3/h6-7,9,12,15H,4-5,8,10-11H2,1-3H3,(H2,22,23,24). The summed E-state index contributed by atoms with van der Waals surface area (Å²) in [7, 11) is 1.89. The maximum atomic E-state index is 13.6. The van der Waals surface area contributed by atoms with Crippen molar-refractivity contribution in [1.29, 1.82) is 0 Å². The maximum absolute atomic E-state index is 13.6. The highest BCUT2D eigenvalue weighted by atomic mass is 19.2. The van der Waals surface area contributed by atoms with Crippen molar-refractivity contribution in [3.05, 3.63) is 47.0 Å². The number of aliphatic imine (C=N–C) groups is 1. The van der Waals surface area contributed by atoms with E-state index in [-0.39, 0.29) is 12.1 Å². The number of aryl methyl sites for hydroxylation is 1. The van der Waals surface area contributed by atoms with Crippen LogP contribution < -0.4 is 10.6 Å². The molecule has 1 aromatic heterocycles. The predicted molar refractivity (Wildman–Crippen MR) is 102 cm³/mol. The molecule has 2 atom stereocenters. The summed E-state index contributed by atoms with van der Waals surface area (Å²) in [6, 6.07) is 3.60. The van der Waals surface area contributed by atoms with Crippen molar-refractivity contribution < 1.29 is 13.5 Å². The smallest absolute Gasteiger partial charge is 0.192 e. The molecular formula is C19H26F2N6O. The number of hydrogen-bond acceptors (Lipinski definition) is 4. The molecule has 0 bridgehead atoms. The van der Waals surface area contributed by atoms with Gasteiger partial charge < -0.3 is 19.9 Å². The summed E-state index contributed by atoms with van der Waals surface area (Å²) >= 11 is 0. The number of hydrogen-bond donors (Lipinski definition) is 2. The van der Waals surface area contributed by atoms with E-state index in [0.29, 0.717) is 24.6 Å². The van der Waals surface area contributed by atoms with E-state index in [1.54, 1.807) is 6.07 Å². The highest BCUT2D eigenvalue weighted by Gasteiger charge is 2.17. The largest absolute Gasteiger partial charge is 0.376 e. The van der Waals surface area contributed by atoms with Gasteiger partial charge in [0.25, 0.3) is 0 Å². The Morgan fingerprint density at radius 1 is 1.36 bits per heavy atom. The first-order valence-corrected chi connectivity index (χ1v) is 9.40. The lowest BCUT2D eigenvalue weighted by Gasteiger charge is -2.20. The summed E-state index contributed by atoms with van der Waals surface area (Å²) in [5, 5.41) is 14.7. The lowest BCUT2D eigenvalue weighted by atomic mass is 10.1. The van der Waals surface area contributed by atoms with Crippen LogP contribution in [0.3, 0.4) is 0 Å². The summed E-state index contributed by atoms with van der Waals surface area (Å²) in [5.74, 6) is 0.359. The van der Waals surface area contributed by atoms with Crippen LogP contribution in [0.4, 0.5) is 8.78 Å². The van der Waals surface area contributed by atoms with Gasteiger partial charge in [-0.2, -0.15) is 0 Å². The van der Waals surface area contributed by atoms with Crippen molar-refractivity contribution in [1.82, 2.24) is 25.4 Å². The van der Waals surface area contributed by atoms with Crippen LogP contribution in [0.15, 0.2) is 23.2 Å². The predicted octanol–water partition coefficient (Wildman–Crippen LogP) is 2.38. The molecule has 0 saturated carbocycles. The van der Waals surface area contributed by atoms with Crippen molar-refractivity contribution >= 4 is 5.96 Å². The van der Waals surface area contributed by atoms with Crippen molar-refractivity contribution in [2.24, 2.45) is 12.0 Å². The van der Waals surface area contributed by atoms with E-state index in [4.69, 9.17) is 4.74 Å². The third-order valence-electron chi connectivity index (χ3n) is 4.88. The topological polar surface area (TPSA) is 76.4 Å². The summed E-state index contributed by atoms with van der Waals surface area (Å²) in [4.78, 5) is 4.58. The highest BCUT2D eigenvalue weighted by Crippen LogP contribution is 2.16. The van der Waals surface area contributed by atoms with Crippen LogP contribution >= 0.6 is 0 Å². The van der Waals surface area contributed by atoms with Gasteiger partial charge in [-0.25, -0.2) is 13.8 Å². The molecule has 1 fully saturated rings. The van der Waals surface area contributed by atoms with E-state index in [0.717, 1.165) is 37.2 Å². The Balaban J connectivity index is 1.71. The van der Waals surface area contributed by atoms with E-state index in [2.05, 4.69) is 25.8 Å². The molecule has 1 aliphatic heterocycles. The lowest BCUT2D eigenvalue weighted by Crippen LogP contribution is -2.42. The second-order valence-electron chi connectivity index (χ2n) is 6.94. The van der Waals surface area contributed by atoms with E-state index in [9.17, 15) is 8.78 Å². The first-order valence-electron chi connectivity index (χ1n) is 9.40. The summed E-state index contributed by atoms with van der Waals surface area (Å²) in [6.07, 6.45) is 2.19. The van der Waals surface area contributed by atoms with Gasteiger partial charge in [0.05, 0.1) is 12.1 Å². The number of aromatic nitrogens is 3. The van der Waals surface area contributed by atoms with Crippen LogP contribution in [-0.4, -0.2) is 40.0 Å². The van der Waals surface area contributed by atoms with Crippen LogP contribution in [0.1, 0.15) is 43.0 Å². The molecule has 2 aromatic rings. The molecule has 1 aliphatic rings. The quantitative estimate of drug-likeness (QED) is 0.583. The van der Waals surface area contributed by atoms with E-state index >= 15 is 0 Å². The van der Waals surface area contributed by atoms with Gasteiger partial charge >= 0.3 is 0 Å². The number of ether oxygens (including phenoxy) is 1. The SMILES string of the molecule is Cc1nnc(CN=C(NCC2CCCO2)NC(C)c2ccc(F)c(F)c2)n1C. The van der Waals surface area contributed by atoms with Crippen LogP contribution in [0.2, 0.25) is 0 Å². The van der Waals surface area contributed by atoms with Crippen molar-refractivity contribution in [3.8, 4) is 0 Å². The Kier molecular flexibility index (Phi) is 6.56. The number of halogens is 2. The molecule has 0 aliphatic carbocycles. The third kappa shape index (κ3) is 5.03. The maximum Gasteiger partial charge on any atom is 0.192 e. The zero-order chi connectivity index (χ0) is 20.1. The van der Waals surface area contributed by atoms with Gasteiger partial charge in [0.15, 0.2) is 23.4 Å². The summed E-state index contributed by atoms with van der Waals surface area (Å²) < 4.78 is 34.3. The number of benzene rings is 1. The molecule has 2 unspecified atom stereocenters. The molecule has 2 heterocycles. The van der Waals surface area contributed by atoms with Crippen molar-refractivity contribution in [2.45, 2.75) is 45.4 Å². The molecule has 1 aromatic carbocycles. The third-order valence-corrected chi connectivity index (χ3v) is 4.88. The summed E-state index contributed by atoms with van der Waals surface area (Å²) in [6.45, 7) is 5.47. The fourth-order valence-corrected chi connectivity index (χ4v) is 2.98. The molecule has 2 N–H and O–H groups in total. The van der Waals surface area contributed by atoms with Crippen LogP contribution in [0.25, 0.3) is 0 Å². The van der Waals surface area contributed by atoms with Crippen LogP contribution in [-0.2, 0) is 18.3 Å². The Morgan fingerprint density at radius 2 is 2.18 bits per heavy atom. The van der Waals surface area contributed by atoms with Crippen molar-refractivity contribution in [3.63, 3.8) is 0 Å². The Hall–Kier alpha value is -2.55. The molecule has 7 nitrogen and oxygen atoms in total. The van der Waals surface area contributed by atoms with E-state index in [1.165, 1.54) is 6.07 Å². The molecule has 0 spiro atoms. The normalized spacial score (nSPS) is 18.3. The van der Waals surface area contributed by atoms with Crippen LogP contribution in [0, 0.1) is 18.6 Å². The van der Waals surface area contributed by atoms with Gasteiger partial charge in [-0.3, -0.25) is 0 Å². The minimum atomic E-state index is -0.869. The second kappa shape index (κ2) is 9.09. The van der Waals surface area contributed by atoms with Gasteiger partial charge in [0.1, 0.15) is 12.4 Å². The molecule has 3 rings (SSSR count). The Labute approximate surface area is 163 Å². The van der Waals surface area contributed by atoms with Crippen molar-refractivity contribution in [2.75, 3.05) is 13.2 Å². The number of nitrogens with one attached hydrogen (secondary N) is 2. The fourth-order valence-electron chi connectivity index (χ4n) is 2.98. The average molecular weight is 392 g/mol. The van der Waals surface area contributed by atoms with Crippen LogP contribution in [0.5, 0.6) is 0 Å². The molecule has 9 heteroatoms. The summed E-state index contributed by atoms with van der Waals surface area (Å²) in [5.41, 5.74) is 0.625. The second-order valence-corrected chi connectivity index (χ2v) is 6.94. The van der Waals surface area contributed by atoms with Gasteiger partial charge in [-0.15, -0.1) is 10.2 Å². The van der Waals surface area contributed by atoms with E-state index in [1.807, 2.05) is 25.5 Å². The minimum Gasteiger partial charge on any atom is -0.376 e. The first kappa shape index (κ1) is 20.2. The molecular weight excluding hydrogens is 366 g/mol. The van der Waals surface area contributed by atoms with Gasteiger partial charge in [0, 0.05) is 20.2 Å². The number of nitrogens with zero attached hydrogens (tertiary/aromatic N) is 4. The number of rotatable bonds is 6. The van der Waals surface area contributed by atoms with E-state index < -0.39 is 11.6 Å². The fraction of sp³-hybridized carbons (Fsp3) is 0.526. The highest BCUT2D eigenvalue weighted by molar-refractivity contribution is 5.80. The molecule has 152 valence electrons. The van der Waals surface area contributed by atoms with Gasteiger partial charge in [-0.05, 0) is 44.4 Å². The zero-order valence-corrected chi connectivity index (χ0v) is 16.4. The Morgan fingerprint density at radius 3 is 2.82 bits per heavy atom. The lowest BCUT2D eigenvalue weighted by molar-refractivity contribution is 0.113. The minimum absolute atomic E-state index is 0.141.